The quantitative estimate of drug-likeness (QED) is 0.910. The van der Waals surface area contributed by atoms with Crippen LogP contribution in [0.4, 0.5) is 0 Å². The molecule has 0 bridgehead atoms. The number of methoxy groups -OCH3 is 1. The highest BCUT2D eigenvalue weighted by Crippen LogP contribution is 2.32. The van der Waals surface area contributed by atoms with Crippen LogP contribution in [0.1, 0.15) is 22.9 Å². The van der Waals surface area contributed by atoms with Crippen LogP contribution in [0.15, 0.2) is 22.7 Å². The van der Waals surface area contributed by atoms with E-state index in [1.807, 2.05) is 25.1 Å². The van der Waals surface area contributed by atoms with Gasteiger partial charge in [0.2, 0.25) is 0 Å². The van der Waals surface area contributed by atoms with Crippen LogP contribution in [0.3, 0.4) is 0 Å². The first-order valence-corrected chi connectivity index (χ1v) is 7.30. The topological polar surface area (TPSA) is 47.3 Å². The minimum absolute atomic E-state index is 0.399. The zero-order valence-corrected chi connectivity index (χ0v) is 13.9. The Morgan fingerprint density at radius 2 is 2.20 bits per heavy atom. The summed E-state index contributed by atoms with van der Waals surface area (Å²) in [4.78, 5) is 0. The van der Waals surface area contributed by atoms with Gasteiger partial charge in [0.15, 0.2) is 0 Å². The lowest BCUT2D eigenvalue weighted by Gasteiger charge is -2.15. The van der Waals surface area contributed by atoms with E-state index in [4.69, 9.17) is 16.3 Å². The molecule has 0 aliphatic carbocycles. The zero-order valence-electron chi connectivity index (χ0n) is 11.5. The molecule has 0 radical (unpaired) electrons. The second-order valence-electron chi connectivity index (χ2n) is 4.58. The second-order valence-corrected chi connectivity index (χ2v) is 5.86. The lowest BCUT2D eigenvalue weighted by molar-refractivity contribution is 0.174. The van der Waals surface area contributed by atoms with Crippen LogP contribution in [-0.2, 0) is 13.5 Å². The molecule has 0 saturated carbocycles. The van der Waals surface area contributed by atoms with Gasteiger partial charge in [0.1, 0.15) is 10.9 Å². The lowest BCUT2D eigenvalue weighted by Crippen LogP contribution is -2.05. The van der Waals surface area contributed by atoms with Crippen molar-refractivity contribution in [1.29, 1.82) is 0 Å². The molecule has 1 unspecified atom stereocenters. The molecule has 0 aliphatic rings. The number of benzene rings is 1. The maximum Gasteiger partial charge on any atom is 0.130 e. The molecule has 1 N–H and O–H groups in total. The van der Waals surface area contributed by atoms with Gasteiger partial charge >= 0.3 is 0 Å². The Kier molecular flexibility index (Phi) is 4.73. The molecule has 0 spiro atoms. The number of nitrogens with zero attached hydrogens (tertiary/aromatic N) is 2. The summed E-state index contributed by atoms with van der Waals surface area (Å²) in [6.45, 7) is 1.88. The van der Waals surface area contributed by atoms with E-state index >= 15 is 0 Å². The molecule has 0 fully saturated rings. The molecule has 4 nitrogen and oxygen atoms in total. The Morgan fingerprint density at radius 3 is 2.75 bits per heavy atom. The van der Waals surface area contributed by atoms with E-state index in [1.165, 1.54) is 0 Å². The molecule has 1 aromatic heterocycles. The molecule has 2 rings (SSSR count). The summed E-state index contributed by atoms with van der Waals surface area (Å²) in [6, 6.07) is 5.54. The largest absolute Gasteiger partial charge is 0.496 e. The maximum absolute atomic E-state index is 10.4. The summed E-state index contributed by atoms with van der Waals surface area (Å²) in [5.41, 5.74) is 2.41. The van der Waals surface area contributed by atoms with E-state index in [1.54, 1.807) is 18.8 Å². The molecule has 20 heavy (non-hydrogen) atoms. The second kappa shape index (κ2) is 6.16. The molecular weight excluding hydrogens is 344 g/mol. The van der Waals surface area contributed by atoms with Gasteiger partial charge < -0.3 is 9.84 Å². The van der Waals surface area contributed by atoms with Crippen LogP contribution in [-0.4, -0.2) is 22.0 Å². The molecule has 1 aromatic carbocycles. The molecular formula is C14H16BrClN2O2. The van der Waals surface area contributed by atoms with E-state index in [9.17, 15) is 5.11 Å². The minimum Gasteiger partial charge on any atom is -0.496 e. The fourth-order valence-electron chi connectivity index (χ4n) is 2.17. The monoisotopic (exact) mass is 358 g/mol. The van der Waals surface area contributed by atoms with Crippen LogP contribution in [0, 0.1) is 6.92 Å². The number of hydrogen-bond donors (Lipinski definition) is 1. The predicted molar refractivity (Wildman–Crippen MR) is 82.3 cm³/mol. The number of aryl methyl sites for hydroxylation is 2. The van der Waals surface area contributed by atoms with Gasteiger partial charge in [-0.05, 0) is 19.1 Å². The smallest absolute Gasteiger partial charge is 0.130 e. The highest BCUT2D eigenvalue weighted by Gasteiger charge is 2.19. The zero-order chi connectivity index (χ0) is 14.9. The van der Waals surface area contributed by atoms with E-state index in [2.05, 4.69) is 21.0 Å². The van der Waals surface area contributed by atoms with Crippen molar-refractivity contribution in [3.8, 4) is 5.75 Å². The fourth-order valence-corrected chi connectivity index (χ4v) is 2.76. The van der Waals surface area contributed by atoms with Crippen molar-refractivity contribution >= 4 is 27.5 Å². The summed E-state index contributed by atoms with van der Waals surface area (Å²) in [7, 11) is 3.37. The van der Waals surface area contributed by atoms with E-state index in [-0.39, 0.29) is 0 Å². The van der Waals surface area contributed by atoms with Gasteiger partial charge in [-0.15, -0.1) is 0 Å². The van der Waals surface area contributed by atoms with Crippen LogP contribution in [0.5, 0.6) is 5.75 Å². The van der Waals surface area contributed by atoms with E-state index in [0.717, 1.165) is 21.3 Å². The highest BCUT2D eigenvalue weighted by molar-refractivity contribution is 9.10. The third-order valence-corrected chi connectivity index (χ3v) is 4.19. The average molecular weight is 360 g/mol. The summed E-state index contributed by atoms with van der Waals surface area (Å²) in [6.07, 6.45) is -0.297. The van der Waals surface area contributed by atoms with Crippen molar-refractivity contribution in [2.24, 2.45) is 7.05 Å². The van der Waals surface area contributed by atoms with E-state index < -0.39 is 6.10 Å². The Labute approximate surface area is 131 Å². The normalized spacial score (nSPS) is 12.5. The minimum atomic E-state index is -0.696. The molecule has 0 amide bonds. The molecule has 108 valence electrons. The molecule has 0 saturated heterocycles. The van der Waals surface area contributed by atoms with Crippen LogP contribution in [0.2, 0.25) is 5.15 Å². The maximum atomic E-state index is 10.4. The number of aliphatic hydroxyl groups excluding tert-OH is 1. The van der Waals surface area contributed by atoms with Crippen LogP contribution >= 0.6 is 27.5 Å². The molecule has 1 heterocycles. The third kappa shape index (κ3) is 3.00. The van der Waals surface area contributed by atoms with Crippen molar-refractivity contribution in [3.63, 3.8) is 0 Å². The van der Waals surface area contributed by atoms with Crippen molar-refractivity contribution in [1.82, 2.24) is 9.78 Å². The van der Waals surface area contributed by atoms with Crippen LogP contribution in [0.25, 0.3) is 0 Å². The predicted octanol–water partition coefficient (Wildman–Crippen LogP) is 3.43. The third-order valence-electron chi connectivity index (χ3n) is 3.22. The Balaban J connectivity index is 2.30. The fraction of sp³-hybridized carbons (Fsp3) is 0.357. The van der Waals surface area contributed by atoms with E-state index in [0.29, 0.717) is 17.3 Å². The van der Waals surface area contributed by atoms with Crippen molar-refractivity contribution in [3.05, 3.63) is 44.6 Å². The van der Waals surface area contributed by atoms with Gasteiger partial charge in [0.25, 0.3) is 0 Å². The average Bonchev–Trinajstić information content (AvgIpc) is 2.65. The van der Waals surface area contributed by atoms with Gasteiger partial charge in [-0.2, -0.15) is 5.10 Å². The lowest BCUT2D eigenvalue weighted by atomic mass is 10.0. The summed E-state index contributed by atoms with van der Waals surface area (Å²) >= 11 is 9.58. The van der Waals surface area contributed by atoms with Crippen LogP contribution < -0.4 is 4.74 Å². The summed E-state index contributed by atoms with van der Waals surface area (Å²) < 4.78 is 7.82. The number of ether oxygens (including phenoxy) is 1. The van der Waals surface area contributed by atoms with Gasteiger partial charge in [0, 0.05) is 29.1 Å². The Morgan fingerprint density at radius 1 is 1.50 bits per heavy atom. The first-order chi connectivity index (χ1) is 9.43. The Hall–Kier alpha value is -1.04. The number of halogens is 2. The molecule has 6 heteroatoms. The number of aromatic nitrogens is 2. The summed E-state index contributed by atoms with van der Waals surface area (Å²) in [5.74, 6) is 0.643. The SMILES string of the molecule is COc1cc(Br)ccc1C(O)Cc1c(C)nn(C)c1Cl. The first-order valence-electron chi connectivity index (χ1n) is 6.13. The number of aliphatic hydroxyl groups is 1. The van der Waals surface area contributed by atoms with Gasteiger partial charge in [-0.3, -0.25) is 4.68 Å². The van der Waals surface area contributed by atoms with Gasteiger partial charge in [-0.25, -0.2) is 0 Å². The van der Waals surface area contributed by atoms with Crippen molar-refractivity contribution in [2.45, 2.75) is 19.4 Å². The first kappa shape index (κ1) is 15.4. The standard InChI is InChI=1S/C14H16BrClN2O2/c1-8-11(14(16)18(2)17-8)7-12(19)10-5-4-9(15)6-13(10)20-3/h4-6,12,19H,7H2,1-3H3. The molecule has 1 atom stereocenters. The van der Waals surface area contributed by atoms with Crippen molar-refractivity contribution < 1.29 is 9.84 Å². The molecule has 2 aromatic rings. The Bertz CT molecular complexity index is 628. The van der Waals surface area contributed by atoms with Gasteiger partial charge in [-0.1, -0.05) is 33.6 Å². The number of rotatable bonds is 4. The highest BCUT2D eigenvalue weighted by atomic mass is 79.9. The number of hydrogen-bond acceptors (Lipinski definition) is 3. The summed E-state index contributed by atoms with van der Waals surface area (Å²) in [5, 5.41) is 15.2. The van der Waals surface area contributed by atoms with Crippen molar-refractivity contribution in [2.75, 3.05) is 7.11 Å². The molecule has 0 aliphatic heterocycles. The van der Waals surface area contributed by atoms with Gasteiger partial charge in [0.05, 0.1) is 18.9 Å².